The van der Waals surface area contributed by atoms with Crippen LogP contribution in [0.5, 0.6) is 5.75 Å². The smallest absolute Gasteiger partial charge is 0.257 e. The number of Topliss-reactive ketones (excluding diaryl/α,β-unsaturated/α-hetero) is 1. The number of hydrogen-bond acceptors (Lipinski definition) is 5. The molecule has 6 nitrogen and oxygen atoms in total. The number of nitrogens with zero attached hydrogens (tertiary/aromatic N) is 2. The first kappa shape index (κ1) is 25.0. The van der Waals surface area contributed by atoms with Gasteiger partial charge < -0.3 is 10.5 Å². The number of benzene rings is 2. The van der Waals surface area contributed by atoms with Gasteiger partial charge in [0.25, 0.3) is 5.91 Å². The van der Waals surface area contributed by atoms with E-state index in [9.17, 15) is 9.59 Å². The number of nitrogens with two attached hydrogens (primary N) is 1. The number of ketones is 1. The van der Waals surface area contributed by atoms with Gasteiger partial charge in [0.1, 0.15) is 17.1 Å². The van der Waals surface area contributed by atoms with Crippen LogP contribution in [-0.2, 0) is 29.0 Å². The highest BCUT2D eigenvalue weighted by Crippen LogP contribution is 2.35. The molecule has 0 aromatic heterocycles. The van der Waals surface area contributed by atoms with E-state index in [1.807, 2.05) is 55.5 Å². The SMILES string of the molecule is COc1cccc(CC(=O)CCc2ccc(CN3C(=O)C(C)(CC4CCCCC4)N=C3N)cc2)c1. The number of ether oxygens (including phenoxy) is 1. The summed E-state index contributed by atoms with van der Waals surface area (Å²) in [6.45, 7) is 2.35. The lowest BCUT2D eigenvalue weighted by Crippen LogP contribution is -2.43. The quantitative estimate of drug-likeness (QED) is 0.534. The van der Waals surface area contributed by atoms with Gasteiger partial charge in [-0.25, -0.2) is 4.99 Å². The molecule has 1 heterocycles. The number of aliphatic imine (C=N–C) groups is 1. The average molecular weight is 476 g/mol. The van der Waals surface area contributed by atoms with E-state index >= 15 is 0 Å². The molecule has 1 unspecified atom stereocenters. The summed E-state index contributed by atoms with van der Waals surface area (Å²) in [5.74, 6) is 1.85. The van der Waals surface area contributed by atoms with Crippen LogP contribution in [0.25, 0.3) is 0 Å². The first-order chi connectivity index (χ1) is 16.9. The summed E-state index contributed by atoms with van der Waals surface area (Å²) in [4.78, 5) is 31.9. The summed E-state index contributed by atoms with van der Waals surface area (Å²) in [7, 11) is 1.63. The van der Waals surface area contributed by atoms with Crippen molar-refractivity contribution >= 4 is 17.6 Å². The molecular formula is C29H37N3O3. The number of carbonyl (C=O) groups excluding carboxylic acids is 2. The topological polar surface area (TPSA) is 85.0 Å². The third-order valence-electron chi connectivity index (χ3n) is 7.35. The van der Waals surface area contributed by atoms with Gasteiger partial charge in [-0.1, -0.05) is 68.5 Å². The number of amides is 1. The summed E-state index contributed by atoms with van der Waals surface area (Å²) in [5, 5.41) is 0. The fourth-order valence-corrected chi connectivity index (χ4v) is 5.37. The molecule has 1 saturated carbocycles. The van der Waals surface area contributed by atoms with E-state index in [2.05, 4.69) is 4.99 Å². The molecule has 1 amide bonds. The fraction of sp³-hybridized carbons (Fsp3) is 0.483. The summed E-state index contributed by atoms with van der Waals surface area (Å²) >= 11 is 0. The van der Waals surface area contributed by atoms with Gasteiger partial charge in [0.05, 0.1) is 13.7 Å². The largest absolute Gasteiger partial charge is 0.497 e. The van der Waals surface area contributed by atoms with Crippen LogP contribution < -0.4 is 10.5 Å². The molecule has 2 aliphatic rings. The first-order valence-corrected chi connectivity index (χ1v) is 12.8. The Morgan fingerprint density at radius 2 is 1.80 bits per heavy atom. The van der Waals surface area contributed by atoms with Crippen molar-refractivity contribution in [1.29, 1.82) is 0 Å². The van der Waals surface area contributed by atoms with Gasteiger partial charge in [0, 0.05) is 12.8 Å². The van der Waals surface area contributed by atoms with Crippen LogP contribution in [0.2, 0.25) is 0 Å². The van der Waals surface area contributed by atoms with Crippen LogP contribution in [0.1, 0.15) is 68.6 Å². The second-order valence-electron chi connectivity index (χ2n) is 10.2. The van der Waals surface area contributed by atoms with E-state index in [0.29, 0.717) is 37.7 Å². The molecule has 0 spiro atoms. The van der Waals surface area contributed by atoms with Gasteiger partial charge in [-0.05, 0) is 54.5 Å². The van der Waals surface area contributed by atoms with E-state index < -0.39 is 5.54 Å². The minimum Gasteiger partial charge on any atom is -0.497 e. The van der Waals surface area contributed by atoms with Crippen LogP contribution in [-0.4, -0.2) is 35.2 Å². The molecule has 0 saturated heterocycles. The molecular weight excluding hydrogens is 438 g/mol. The Morgan fingerprint density at radius 3 is 2.51 bits per heavy atom. The normalized spacial score (nSPS) is 20.7. The predicted octanol–water partition coefficient (Wildman–Crippen LogP) is 4.83. The summed E-state index contributed by atoms with van der Waals surface area (Å²) < 4.78 is 5.23. The molecule has 1 aliphatic carbocycles. The van der Waals surface area contributed by atoms with Crippen molar-refractivity contribution in [2.45, 2.75) is 76.8 Å². The van der Waals surface area contributed by atoms with Crippen molar-refractivity contribution in [3.63, 3.8) is 0 Å². The van der Waals surface area contributed by atoms with Crippen molar-refractivity contribution < 1.29 is 14.3 Å². The molecule has 0 radical (unpaired) electrons. The zero-order valence-corrected chi connectivity index (χ0v) is 21.0. The Labute approximate surface area is 208 Å². The number of rotatable bonds is 10. The lowest BCUT2D eigenvalue weighted by Gasteiger charge is -2.29. The first-order valence-electron chi connectivity index (χ1n) is 12.8. The number of aryl methyl sites for hydroxylation is 1. The molecule has 35 heavy (non-hydrogen) atoms. The fourth-order valence-electron chi connectivity index (χ4n) is 5.37. The van der Waals surface area contributed by atoms with E-state index in [1.165, 1.54) is 32.1 Å². The van der Waals surface area contributed by atoms with Crippen LogP contribution in [0.4, 0.5) is 0 Å². The molecule has 186 valence electrons. The Hall–Kier alpha value is -3.15. The highest BCUT2D eigenvalue weighted by atomic mass is 16.5. The van der Waals surface area contributed by atoms with Crippen molar-refractivity contribution in [2.75, 3.05) is 7.11 Å². The zero-order chi connectivity index (χ0) is 24.8. The molecule has 1 aliphatic heterocycles. The van der Waals surface area contributed by atoms with Crippen molar-refractivity contribution in [3.8, 4) is 5.75 Å². The molecule has 2 aromatic rings. The van der Waals surface area contributed by atoms with Gasteiger partial charge >= 0.3 is 0 Å². The highest BCUT2D eigenvalue weighted by molar-refractivity contribution is 6.06. The maximum absolute atomic E-state index is 13.2. The number of methoxy groups -OCH3 is 1. The van der Waals surface area contributed by atoms with Gasteiger partial charge in [-0.2, -0.15) is 0 Å². The zero-order valence-electron chi connectivity index (χ0n) is 21.0. The highest BCUT2D eigenvalue weighted by Gasteiger charge is 2.45. The monoisotopic (exact) mass is 475 g/mol. The average Bonchev–Trinajstić information content (AvgIpc) is 3.07. The molecule has 1 atom stereocenters. The van der Waals surface area contributed by atoms with Crippen LogP contribution >= 0.6 is 0 Å². The second kappa shape index (κ2) is 11.1. The van der Waals surface area contributed by atoms with E-state index in [1.54, 1.807) is 12.0 Å². The number of guanidine groups is 1. The van der Waals surface area contributed by atoms with Gasteiger partial charge in [0.2, 0.25) is 0 Å². The molecule has 6 heteroatoms. The summed E-state index contributed by atoms with van der Waals surface area (Å²) in [6.07, 6.45) is 8.52. The molecule has 2 aromatic carbocycles. The van der Waals surface area contributed by atoms with Gasteiger partial charge in [-0.15, -0.1) is 0 Å². The Kier molecular flexibility index (Phi) is 7.89. The van der Waals surface area contributed by atoms with E-state index in [0.717, 1.165) is 28.9 Å². The lowest BCUT2D eigenvalue weighted by molar-refractivity contribution is -0.131. The molecule has 4 rings (SSSR count). The Morgan fingerprint density at radius 1 is 1.09 bits per heavy atom. The lowest BCUT2D eigenvalue weighted by atomic mass is 9.80. The van der Waals surface area contributed by atoms with Crippen molar-refractivity contribution in [2.24, 2.45) is 16.6 Å². The number of carbonyl (C=O) groups is 2. The second-order valence-corrected chi connectivity index (χ2v) is 10.2. The predicted molar refractivity (Wildman–Crippen MR) is 138 cm³/mol. The van der Waals surface area contributed by atoms with Crippen LogP contribution in [0.3, 0.4) is 0 Å². The third-order valence-corrected chi connectivity index (χ3v) is 7.35. The van der Waals surface area contributed by atoms with Gasteiger partial charge in [-0.3, -0.25) is 14.5 Å². The molecule has 1 fully saturated rings. The standard InChI is InChI=1S/C29H37N3O3/c1-29(19-22-7-4-3-5-8-22)27(34)32(28(30)31-29)20-23-13-11-21(12-14-23)15-16-25(33)17-24-9-6-10-26(18-24)35-2/h6,9-14,18,22H,3-5,7-8,15-17,19-20H2,1-2H3,(H2,30,31). The van der Waals surface area contributed by atoms with Crippen LogP contribution in [0.15, 0.2) is 53.5 Å². The van der Waals surface area contributed by atoms with Crippen molar-refractivity contribution in [3.05, 3.63) is 65.2 Å². The Balaban J connectivity index is 1.29. The Bertz CT molecular complexity index is 1070. The minimum atomic E-state index is -0.741. The van der Waals surface area contributed by atoms with Gasteiger partial charge in [0.15, 0.2) is 5.96 Å². The third kappa shape index (κ3) is 6.30. The molecule has 0 bridgehead atoms. The maximum Gasteiger partial charge on any atom is 0.257 e. The van der Waals surface area contributed by atoms with Crippen molar-refractivity contribution in [1.82, 2.24) is 4.90 Å². The van der Waals surface area contributed by atoms with E-state index in [4.69, 9.17) is 10.5 Å². The summed E-state index contributed by atoms with van der Waals surface area (Å²) in [6, 6.07) is 15.7. The molecule has 2 N–H and O–H groups in total. The van der Waals surface area contributed by atoms with E-state index in [-0.39, 0.29) is 11.7 Å². The maximum atomic E-state index is 13.2. The summed E-state index contributed by atoms with van der Waals surface area (Å²) in [5.41, 5.74) is 8.53. The number of hydrogen-bond donors (Lipinski definition) is 1. The minimum absolute atomic E-state index is 0.00721. The van der Waals surface area contributed by atoms with Crippen LogP contribution in [0, 0.1) is 5.92 Å².